The molecule has 1 aromatic heterocycles. The molecule has 142 valence electrons. The Bertz CT molecular complexity index is 641. The zero-order valence-corrected chi connectivity index (χ0v) is 14.7. The average Bonchev–Trinajstić information content (AvgIpc) is 3.23. The SMILES string of the molecule is O=C(C1CCN(c2ccc(C(F)(F)F)cn2)CC1)N1CC2CCCC2C1. The van der Waals surface area contributed by atoms with Crippen LogP contribution in [-0.4, -0.2) is 42.0 Å². The Labute approximate surface area is 151 Å². The molecule has 26 heavy (non-hydrogen) atoms. The van der Waals surface area contributed by atoms with Crippen LogP contribution in [0, 0.1) is 17.8 Å². The van der Waals surface area contributed by atoms with Gasteiger partial charge in [0.1, 0.15) is 5.82 Å². The van der Waals surface area contributed by atoms with Crippen molar-refractivity contribution in [3.8, 4) is 0 Å². The molecule has 2 aliphatic heterocycles. The molecular formula is C19H24F3N3O. The fourth-order valence-corrected chi connectivity index (χ4v) is 4.77. The zero-order valence-electron chi connectivity index (χ0n) is 14.7. The fourth-order valence-electron chi connectivity index (χ4n) is 4.77. The van der Waals surface area contributed by atoms with Gasteiger partial charge in [-0.25, -0.2) is 4.98 Å². The first-order chi connectivity index (χ1) is 12.4. The Morgan fingerprint density at radius 2 is 1.69 bits per heavy atom. The number of aromatic nitrogens is 1. The van der Waals surface area contributed by atoms with Crippen molar-refractivity contribution in [1.82, 2.24) is 9.88 Å². The predicted octanol–water partition coefficient (Wildman–Crippen LogP) is 3.58. The van der Waals surface area contributed by atoms with Crippen molar-refractivity contribution in [2.24, 2.45) is 17.8 Å². The van der Waals surface area contributed by atoms with Gasteiger partial charge < -0.3 is 9.80 Å². The maximum absolute atomic E-state index is 12.8. The number of carbonyl (C=O) groups excluding carboxylic acids is 1. The molecule has 0 radical (unpaired) electrons. The quantitative estimate of drug-likeness (QED) is 0.802. The summed E-state index contributed by atoms with van der Waals surface area (Å²) in [4.78, 5) is 20.8. The number of piperidine rings is 1. The first-order valence-electron chi connectivity index (χ1n) is 9.49. The molecule has 3 aliphatic rings. The average molecular weight is 367 g/mol. The Kier molecular flexibility index (Phi) is 4.57. The Morgan fingerprint density at radius 1 is 1.04 bits per heavy atom. The third-order valence-electron chi connectivity index (χ3n) is 6.28. The van der Waals surface area contributed by atoms with Crippen molar-refractivity contribution >= 4 is 11.7 Å². The van der Waals surface area contributed by atoms with Crippen molar-refractivity contribution in [2.45, 2.75) is 38.3 Å². The van der Waals surface area contributed by atoms with E-state index in [2.05, 4.69) is 9.88 Å². The van der Waals surface area contributed by atoms with E-state index >= 15 is 0 Å². The van der Waals surface area contributed by atoms with E-state index in [0.29, 0.717) is 30.7 Å². The number of likely N-dealkylation sites (tertiary alicyclic amines) is 1. The lowest BCUT2D eigenvalue weighted by Gasteiger charge is -2.34. The van der Waals surface area contributed by atoms with Gasteiger partial charge in [0.25, 0.3) is 0 Å². The van der Waals surface area contributed by atoms with E-state index in [9.17, 15) is 18.0 Å². The summed E-state index contributed by atoms with van der Waals surface area (Å²) >= 11 is 0. The fraction of sp³-hybridized carbons (Fsp3) is 0.684. The molecule has 0 N–H and O–H groups in total. The van der Waals surface area contributed by atoms with Crippen LogP contribution >= 0.6 is 0 Å². The zero-order chi connectivity index (χ0) is 18.3. The summed E-state index contributed by atoms with van der Waals surface area (Å²) in [5.74, 6) is 2.28. The van der Waals surface area contributed by atoms with Crippen LogP contribution in [-0.2, 0) is 11.0 Å². The van der Waals surface area contributed by atoms with Gasteiger partial charge in [-0.1, -0.05) is 6.42 Å². The van der Waals surface area contributed by atoms with Crippen molar-refractivity contribution in [3.63, 3.8) is 0 Å². The second-order valence-corrected chi connectivity index (χ2v) is 7.86. The molecule has 4 nitrogen and oxygen atoms in total. The first kappa shape index (κ1) is 17.6. The number of rotatable bonds is 2. The van der Waals surface area contributed by atoms with Gasteiger partial charge in [0.05, 0.1) is 5.56 Å². The molecular weight excluding hydrogens is 343 g/mol. The molecule has 7 heteroatoms. The molecule has 0 spiro atoms. The van der Waals surface area contributed by atoms with Crippen LogP contribution in [0.2, 0.25) is 0 Å². The van der Waals surface area contributed by atoms with E-state index in [1.54, 1.807) is 0 Å². The number of anilines is 1. The van der Waals surface area contributed by atoms with Gasteiger partial charge in [-0.3, -0.25) is 4.79 Å². The molecule has 4 rings (SSSR count). The van der Waals surface area contributed by atoms with Crippen LogP contribution in [0.15, 0.2) is 18.3 Å². The Hall–Kier alpha value is -1.79. The predicted molar refractivity (Wildman–Crippen MR) is 91.6 cm³/mol. The molecule has 1 aromatic rings. The van der Waals surface area contributed by atoms with E-state index in [0.717, 1.165) is 38.2 Å². The number of amides is 1. The van der Waals surface area contributed by atoms with E-state index in [-0.39, 0.29) is 11.8 Å². The number of hydrogen-bond acceptors (Lipinski definition) is 3. The van der Waals surface area contributed by atoms with E-state index in [1.165, 1.54) is 25.3 Å². The first-order valence-corrected chi connectivity index (χ1v) is 9.49. The van der Waals surface area contributed by atoms with Crippen molar-refractivity contribution in [1.29, 1.82) is 0 Å². The number of carbonyl (C=O) groups is 1. The van der Waals surface area contributed by atoms with Crippen LogP contribution in [0.3, 0.4) is 0 Å². The Balaban J connectivity index is 1.32. The smallest absolute Gasteiger partial charge is 0.357 e. The lowest BCUT2D eigenvalue weighted by molar-refractivity contribution is -0.138. The number of halogens is 3. The minimum Gasteiger partial charge on any atom is -0.357 e. The second-order valence-electron chi connectivity index (χ2n) is 7.86. The highest BCUT2D eigenvalue weighted by molar-refractivity contribution is 5.79. The van der Waals surface area contributed by atoms with Crippen LogP contribution in [0.5, 0.6) is 0 Å². The van der Waals surface area contributed by atoms with Gasteiger partial charge >= 0.3 is 6.18 Å². The third-order valence-corrected chi connectivity index (χ3v) is 6.28. The minimum absolute atomic E-state index is 0.0412. The number of hydrogen-bond donors (Lipinski definition) is 0. The summed E-state index contributed by atoms with van der Waals surface area (Å²) in [5.41, 5.74) is -0.731. The molecule has 3 fully saturated rings. The highest BCUT2D eigenvalue weighted by atomic mass is 19.4. The summed E-state index contributed by atoms with van der Waals surface area (Å²) in [7, 11) is 0. The van der Waals surface area contributed by atoms with Crippen LogP contribution in [0.4, 0.5) is 19.0 Å². The second kappa shape index (κ2) is 6.74. The summed E-state index contributed by atoms with van der Waals surface area (Å²) in [5, 5.41) is 0. The number of pyridine rings is 1. The minimum atomic E-state index is -4.36. The van der Waals surface area contributed by atoms with Gasteiger partial charge in [0, 0.05) is 38.3 Å². The van der Waals surface area contributed by atoms with Crippen LogP contribution in [0.25, 0.3) is 0 Å². The standard InChI is InChI=1S/C19H24F3N3O/c20-19(21,22)16-4-5-17(23-10-16)24-8-6-13(7-9-24)18(26)25-11-14-2-1-3-15(14)12-25/h4-5,10,13-15H,1-3,6-9,11-12H2. The summed E-state index contributed by atoms with van der Waals surface area (Å²) < 4.78 is 37.9. The maximum Gasteiger partial charge on any atom is 0.417 e. The molecule has 2 atom stereocenters. The molecule has 2 unspecified atom stereocenters. The van der Waals surface area contributed by atoms with E-state index in [1.807, 2.05) is 4.90 Å². The van der Waals surface area contributed by atoms with Crippen molar-refractivity contribution < 1.29 is 18.0 Å². The van der Waals surface area contributed by atoms with E-state index < -0.39 is 11.7 Å². The summed E-state index contributed by atoms with van der Waals surface area (Å²) in [6.07, 6.45) is 1.82. The lowest BCUT2D eigenvalue weighted by Crippen LogP contribution is -2.42. The maximum atomic E-state index is 12.8. The number of nitrogens with zero attached hydrogens (tertiary/aromatic N) is 3. The monoisotopic (exact) mass is 367 g/mol. The number of fused-ring (bicyclic) bond motifs is 1. The molecule has 2 saturated heterocycles. The van der Waals surface area contributed by atoms with Crippen LogP contribution in [0.1, 0.15) is 37.7 Å². The van der Waals surface area contributed by atoms with E-state index in [4.69, 9.17) is 0 Å². The van der Waals surface area contributed by atoms with Gasteiger partial charge in [0.2, 0.25) is 5.91 Å². The van der Waals surface area contributed by atoms with Gasteiger partial charge in [-0.2, -0.15) is 13.2 Å². The normalized spacial score (nSPS) is 27.0. The molecule has 0 bridgehead atoms. The molecule has 0 aromatic carbocycles. The topological polar surface area (TPSA) is 36.4 Å². The highest BCUT2D eigenvalue weighted by Gasteiger charge is 2.40. The largest absolute Gasteiger partial charge is 0.417 e. The summed E-state index contributed by atoms with van der Waals surface area (Å²) in [6, 6.07) is 2.50. The van der Waals surface area contributed by atoms with Gasteiger partial charge in [-0.05, 0) is 49.7 Å². The molecule has 1 amide bonds. The van der Waals surface area contributed by atoms with Gasteiger partial charge in [-0.15, -0.1) is 0 Å². The summed E-state index contributed by atoms with van der Waals surface area (Å²) in [6.45, 7) is 3.17. The van der Waals surface area contributed by atoms with Crippen molar-refractivity contribution in [2.75, 3.05) is 31.1 Å². The number of alkyl halides is 3. The lowest BCUT2D eigenvalue weighted by atomic mass is 9.95. The third kappa shape index (κ3) is 3.40. The van der Waals surface area contributed by atoms with Crippen molar-refractivity contribution in [3.05, 3.63) is 23.9 Å². The molecule has 1 aliphatic carbocycles. The molecule has 3 heterocycles. The highest BCUT2D eigenvalue weighted by Crippen LogP contribution is 2.39. The molecule has 1 saturated carbocycles. The Morgan fingerprint density at radius 3 is 2.23 bits per heavy atom. The van der Waals surface area contributed by atoms with Gasteiger partial charge in [0.15, 0.2) is 0 Å². The van der Waals surface area contributed by atoms with Crippen LogP contribution < -0.4 is 4.90 Å².